The lowest BCUT2D eigenvalue weighted by molar-refractivity contribution is 0.0760. The number of carbonyl (C=O) groups is 1. The van der Waals surface area contributed by atoms with E-state index in [0.29, 0.717) is 42.6 Å². The first kappa shape index (κ1) is 16.1. The van der Waals surface area contributed by atoms with Crippen LogP contribution in [0.25, 0.3) is 10.8 Å². The van der Waals surface area contributed by atoms with Gasteiger partial charge in [-0.05, 0) is 19.4 Å². The molecule has 0 bridgehead atoms. The Labute approximate surface area is 140 Å². The van der Waals surface area contributed by atoms with Crippen LogP contribution in [-0.2, 0) is 4.74 Å². The highest BCUT2D eigenvalue weighted by atomic mass is 35.5. The number of aromatic hydroxyl groups is 1. The number of nitrogens with zero attached hydrogens (tertiary/aromatic N) is 1. The van der Waals surface area contributed by atoms with Gasteiger partial charge in [-0.25, -0.2) is 0 Å². The maximum atomic E-state index is 12.7. The number of likely N-dealkylation sites (tertiary alicyclic amines) is 1. The molecule has 1 aliphatic rings. The van der Waals surface area contributed by atoms with E-state index in [0.717, 1.165) is 11.8 Å². The van der Waals surface area contributed by atoms with Gasteiger partial charge in [0.25, 0.3) is 5.91 Å². The van der Waals surface area contributed by atoms with Gasteiger partial charge in [0.1, 0.15) is 5.75 Å². The number of halogens is 1. The number of phenolic OH excluding ortho intramolecular Hbond substituents is 1. The number of phenols is 1. The van der Waals surface area contributed by atoms with Gasteiger partial charge in [-0.3, -0.25) is 4.79 Å². The Kier molecular flexibility index (Phi) is 4.74. The second-order valence-electron chi connectivity index (χ2n) is 5.87. The summed E-state index contributed by atoms with van der Waals surface area (Å²) in [7, 11) is 0. The van der Waals surface area contributed by atoms with Crippen LogP contribution >= 0.6 is 11.6 Å². The maximum Gasteiger partial charge on any atom is 0.257 e. The molecular formula is C18H20ClNO3. The van der Waals surface area contributed by atoms with Crippen molar-refractivity contribution in [3.8, 4) is 5.75 Å². The number of rotatable bonds is 4. The van der Waals surface area contributed by atoms with E-state index in [2.05, 4.69) is 0 Å². The molecule has 2 aromatic rings. The van der Waals surface area contributed by atoms with Gasteiger partial charge in [-0.2, -0.15) is 0 Å². The van der Waals surface area contributed by atoms with E-state index in [-0.39, 0.29) is 17.2 Å². The summed E-state index contributed by atoms with van der Waals surface area (Å²) in [6, 6.07) is 8.85. The van der Waals surface area contributed by atoms with Crippen LogP contribution in [0.1, 0.15) is 23.7 Å². The number of hydrogen-bond acceptors (Lipinski definition) is 3. The summed E-state index contributed by atoms with van der Waals surface area (Å²) >= 11 is 6.28. The van der Waals surface area contributed by atoms with E-state index in [1.54, 1.807) is 17.0 Å². The number of fused-ring (bicyclic) bond motifs is 1. The fraction of sp³-hybridized carbons (Fsp3) is 0.389. The normalized spacial score (nSPS) is 17.8. The Morgan fingerprint density at radius 2 is 2.13 bits per heavy atom. The van der Waals surface area contributed by atoms with Gasteiger partial charge in [-0.1, -0.05) is 35.9 Å². The fourth-order valence-corrected chi connectivity index (χ4v) is 3.36. The van der Waals surface area contributed by atoms with Gasteiger partial charge >= 0.3 is 0 Å². The Morgan fingerprint density at radius 1 is 1.39 bits per heavy atom. The molecule has 122 valence electrons. The molecule has 0 spiro atoms. The van der Waals surface area contributed by atoms with E-state index >= 15 is 0 Å². The van der Waals surface area contributed by atoms with Crippen molar-refractivity contribution in [1.29, 1.82) is 0 Å². The number of ether oxygens (including phenoxy) is 1. The summed E-state index contributed by atoms with van der Waals surface area (Å²) < 4.78 is 5.44. The minimum Gasteiger partial charge on any atom is -0.506 e. The van der Waals surface area contributed by atoms with Gasteiger partial charge in [0, 0.05) is 41.4 Å². The Balaban J connectivity index is 1.86. The monoisotopic (exact) mass is 333 g/mol. The lowest BCUT2D eigenvalue weighted by Crippen LogP contribution is -2.29. The van der Waals surface area contributed by atoms with Crippen molar-refractivity contribution in [2.45, 2.75) is 13.3 Å². The minimum absolute atomic E-state index is 0.00302. The molecule has 0 aliphatic carbocycles. The molecule has 0 saturated carbocycles. The van der Waals surface area contributed by atoms with E-state index in [1.165, 1.54) is 0 Å². The van der Waals surface area contributed by atoms with Crippen molar-refractivity contribution in [1.82, 2.24) is 4.90 Å². The molecule has 1 aliphatic heterocycles. The topological polar surface area (TPSA) is 49.8 Å². The molecule has 5 heteroatoms. The lowest BCUT2D eigenvalue weighted by Gasteiger charge is -2.18. The summed E-state index contributed by atoms with van der Waals surface area (Å²) in [5.41, 5.74) is 0.269. The molecule has 23 heavy (non-hydrogen) atoms. The van der Waals surface area contributed by atoms with Crippen molar-refractivity contribution in [3.05, 3.63) is 40.9 Å². The Hall–Kier alpha value is -1.78. The zero-order valence-electron chi connectivity index (χ0n) is 13.1. The first-order chi connectivity index (χ1) is 11.1. The van der Waals surface area contributed by atoms with Gasteiger partial charge in [0.05, 0.1) is 12.2 Å². The molecule has 1 saturated heterocycles. The third-order valence-electron chi connectivity index (χ3n) is 4.33. The Bertz CT molecular complexity index is 732. The summed E-state index contributed by atoms with van der Waals surface area (Å²) in [5, 5.41) is 12.3. The molecule has 0 aromatic heterocycles. The van der Waals surface area contributed by atoms with Gasteiger partial charge in [0.15, 0.2) is 0 Å². The number of carbonyl (C=O) groups excluding carboxylic acids is 1. The number of hydrogen-bond donors (Lipinski definition) is 1. The zero-order chi connectivity index (χ0) is 16.4. The summed E-state index contributed by atoms with van der Waals surface area (Å²) in [4.78, 5) is 14.5. The van der Waals surface area contributed by atoms with Crippen LogP contribution in [0.15, 0.2) is 30.3 Å². The van der Waals surface area contributed by atoms with Crippen LogP contribution < -0.4 is 0 Å². The van der Waals surface area contributed by atoms with Gasteiger partial charge in [0.2, 0.25) is 0 Å². The lowest BCUT2D eigenvalue weighted by atomic mass is 10.0. The maximum absolute atomic E-state index is 12.7. The highest BCUT2D eigenvalue weighted by molar-refractivity contribution is 6.36. The third-order valence-corrected chi connectivity index (χ3v) is 4.64. The highest BCUT2D eigenvalue weighted by Gasteiger charge is 2.29. The van der Waals surface area contributed by atoms with Crippen LogP contribution in [0.2, 0.25) is 5.02 Å². The molecular weight excluding hydrogens is 314 g/mol. The SMILES string of the molecule is CCOC[C@@H]1CCN(C(=O)c2cc(Cl)c3ccccc3c2O)C1. The van der Waals surface area contributed by atoms with Crippen LogP contribution in [0.5, 0.6) is 5.75 Å². The van der Waals surface area contributed by atoms with Crippen LogP contribution in [0.4, 0.5) is 0 Å². The Morgan fingerprint density at radius 3 is 2.87 bits per heavy atom. The average molecular weight is 334 g/mol. The van der Waals surface area contributed by atoms with Crippen molar-refractivity contribution >= 4 is 28.3 Å². The molecule has 2 aromatic carbocycles. The predicted molar refractivity (Wildman–Crippen MR) is 91.1 cm³/mol. The second kappa shape index (κ2) is 6.77. The molecule has 3 rings (SSSR count). The smallest absolute Gasteiger partial charge is 0.257 e. The first-order valence-corrected chi connectivity index (χ1v) is 8.26. The summed E-state index contributed by atoms with van der Waals surface area (Å²) in [5.74, 6) is 0.189. The first-order valence-electron chi connectivity index (χ1n) is 7.89. The van der Waals surface area contributed by atoms with Crippen molar-refractivity contribution in [2.75, 3.05) is 26.3 Å². The number of amides is 1. The summed E-state index contributed by atoms with van der Waals surface area (Å²) in [6.45, 7) is 4.66. The molecule has 0 radical (unpaired) electrons. The second-order valence-corrected chi connectivity index (χ2v) is 6.27. The molecule has 4 nitrogen and oxygen atoms in total. The van der Waals surface area contributed by atoms with Crippen molar-refractivity contribution in [2.24, 2.45) is 5.92 Å². The van der Waals surface area contributed by atoms with E-state index in [1.807, 2.05) is 25.1 Å². The molecule has 1 N–H and O–H groups in total. The minimum atomic E-state index is -0.172. The van der Waals surface area contributed by atoms with Crippen LogP contribution in [0, 0.1) is 5.92 Å². The van der Waals surface area contributed by atoms with Crippen LogP contribution in [-0.4, -0.2) is 42.2 Å². The average Bonchev–Trinajstić information content (AvgIpc) is 3.04. The summed E-state index contributed by atoms with van der Waals surface area (Å²) in [6.07, 6.45) is 0.924. The molecule has 1 atom stereocenters. The van der Waals surface area contributed by atoms with Crippen molar-refractivity contribution < 1.29 is 14.6 Å². The van der Waals surface area contributed by atoms with Gasteiger partial charge < -0.3 is 14.7 Å². The van der Waals surface area contributed by atoms with E-state index in [9.17, 15) is 9.90 Å². The highest BCUT2D eigenvalue weighted by Crippen LogP contribution is 2.35. The third kappa shape index (κ3) is 3.14. The van der Waals surface area contributed by atoms with Crippen LogP contribution in [0.3, 0.4) is 0 Å². The zero-order valence-corrected chi connectivity index (χ0v) is 13.8. The molecule has 1 amide bonds. The van der Waals surface area contributed by atoms with Crippen molar-refractivity contribution in [3.63, 3.8) is 0 Å². The predicted octanol–water partition coefficient (Wildman–Crippen LogP) is 3.70. The fourth-order valence-electron chi connectivity index (χ4n) is 3.09. The molecule has 1 fully saturated rings. The van der Waals surface area contributed by atoms with Gasteiger partial charge in [-0.15, -0.1) is 0 Å². The molecule has 1 heterocycles. The van der Waals surface area contributed by atoms with E-state index < -0.39 is 0 Å². The standard InChI is InChI=1S/C18H20ClNO3/c1-2-23-11-12-7-8-20(10-12)18(22)15-9-16(19)13-5-3-4-6-14(13)17(15)21/h3-6,9,12,21H,2,7-8,10-11H2,1H3/t12-/m1/s1. The quantitative estimate of drug-likeness (QED) is 0.928. The number of benzene rings is 2. The molecule has 0 unspecified atom stereocenters. The van der Waals surface area contributed by atoms with E-state index in [4.69, 9.17) is 16.3 Å². The largest absolute Gasteiger partial charge is 0.506 e.